The molecule has 6 rings (SSSR count). The van der Waals surface area contributed by atoms with Crippen LogP contribution in [0.25, 0.3) is 5.57 Å². The number of halogens is 6. The lowest BCUT2D eigenvalue weighted by Crippen LogP contribution is -2.68. The van der Waals surface area contributed by atoms with E-state index in [2.05, 4.69) is 4.98 Å². The summed E-state index contributed by atoms with van der Waals surface area (Å²) in [6.07, 6.45) is -1.85. The Hall–Kier alpha value is -5.06. The fourth-order valence-corrected chi connectivity index (χ4v) is 8.39. The number of nitrogens with zero attached hydrogens (tertiary/aromatic N) is 3. The molecule has 0 unspecified atom stereocenters. The van der Waals surface area contributed by atoms with Gasteiger partial charge in [0.05, 0.1) is 36.8 Å². The number of ether oxygens (including phenoxy) is 4. The number of carbonyl (C=O) groups is 3. The van der Waals surface area contributed by atoms with Gasteiger partial charge in [-0.3, -0.25) is 14.4 Å². The van der Waals surface area contributed by atoms with Crippen LogP contribution in [-0.2, 0) is 26.7 Å². The predicted octanol–water partition coefficient (Wildman–Crippen LogP) is 9.40. The van der Waals surface area contributed by atoms with E-state index >= 15 is 4.79 Å². The molecule has 0 N–H and O–H groups in total. The molecule has 2 amide bonds. The molecule has 324 valence electrons. The van der Waals surface area contributed by atoms with Crippen LogP contribution >= 0.6 is 11.3 Å². The second-order valence-corrected chi connectivity index (χ2v) is 16.3. The molecule has 60 heavy (non-hydrogen) atoms. The topological polar surface area (TPSA) is 108 Å². The van der Waals surface area contributed by atoms with Crippen molar-refractivity contribution in [1.82, 2.24) is 14.8 Å². The first kappa shape index (κ1) is 44.5. The number of piperidine rings is 1. The highest BCUT2D eigenvalue weighted by Crippen LogP contribution is 2.44. The Labute approximate surface area is 348 Å². The molecule has 1 aromatic carbocycles. The lowest BCUT2D eigenvalue weighted by Gasteiger charge is -2.50. The second-order valence-electron chi connectivity index (χ2n) is 15.4. The zero-order valence-corrected chi connectivity index (χ0v) is 34.3. The van der Waals surface area contributed by atoms with Gasteiger partial charge in [-0.15, -0.1) is 11.3 Å². The van der Waals surface area contributed by atoms with Crippen LogP contribution in [0.5, 0.6) is 17.4 Å². The Morgan fingerprint density at radius 1 is 1.03 bits per heavy atom. The first-order chi connectivity index (χ1) is 28.5. The maximum absolute atomic E-state index is 15.1. The molecule has 17 heteroatoms. The molecule has 3 aliphatic rings. The third-order valence-electron chi connectivity index (χ3n) is 10.9. The minimum absolute atomic E-state index is 0.0116. The predicted molar refractivity (Wildman–Crippen MR) is 211 cm³/mol. The SMILES string of the molecule is CCOC(=O)C(C)(C)CCOc1ccccc1C1=CCN(C(=O)[C@]2(Oc3csc(C(F)(F)F)c3)CCCN3C(=O)c4c(C(F)(F)F)ccnc4OCCC/C=C\C[C@@H]32)CC1. The van der Waals surface area contributed by atoms with Crippen LogP contribution in [0.2, 0.25) is 0 Å². The van der Waals surface area contributed by atoms with Crippen molar-refractivity contribution in [2.75, 3.05) is 39.5 Å². The third kappa shape index (κ3) is 9.76. The van der Waals surface area contributed by atoms with Gasteiger partial charge in [0.2, 0.25) is 11.5 Å². The van der Waals surface area contributed by atoms with Crippen LogP contribution < -0.4 is 14.2 Å². The lowest BCUT2D eigenvalue weighted by molar-refractivity contribution is -0.158. The van der Waals surface area contributed by atoms with Crippen molar-refractivity contribution in [2.45, 2.75) is 89.7 Å². The number of aromatic nitrogens is 1. The molecule has 2 aromatic heterocycles. The normalized spacial score (nSPS) is 21.0. The van der Waals surface area contributed by atoms with E-state index in [1.807, 2.05) is 24.3 Å². The number of benzene rings is 1. The highest BCUT2D eigenvalue weighted by molar-refractivity contribution is 7.10. The van der Waals surface area contributed by atoms with Crippen molar-refractivity contribution in [3.8, 4) is 17.4 Å². The molecule has 0 spiro atoms. The van der Waals surface area contributed by atoms with Crippen LogP contribution in [0.15, 0.2) is 66.2 Å². The van der Waals surface area contributed by atoms with Gasteiger partial charge in [0, 0.05) is 49.3 Å². The number of allylic oxidation sites excluding steroid dienone is 1. The van der Waals surface area contributed by atoms with E-state index in [0.29, 0.717) is 48.8 Å². The number of fused-ring (bicyclic) bond motifs is 2. The summed E-state index contributed by atoms with van der Waals surface area (Å²) in [5.74, 6) is -2.23. The number of thiophene rings is 1. The molecule has 3 aromatic rings. The maximum Gasteiger partial charge on any atom is 0.425 e. The fourth-order valence-electron chi connectivity index (χ4n) is 7.71. The number of alkyl halides is 6. The summed E-state index contributed by atoms with van der Waals surface area (Å²) < 4.78 is 108. The average Bonchev–Trinajstić information content (AvgIpc) is 3.69. The Morgan fingerprint density at radius 2 is 1.82 bits per heavy atom. The van der Waals surface area contributed by atoms with Gasteiger partial charge in [-0.2, -0.15) is 26.3 Å². The van der Waals surface area contributed by atoms with Crippen LogP contribution in [0.1, 0.15) is 92.1 Å². The summed E-state index contributed by atoms with van der Waals surface area (Å²) in [4.78, 5) is 47.8. The average molecular weight is 864 g/mol. The molecule has 0 aliphatic carbocycles. The van der Waals surface area contributed by atoms with Crippen molar-refractivity contribution in [3.63, 3.8) is 0 Å². The van der Waals surface area contributed by atoms with E-state index in [1.165, 1.54) is 4.90 Å². The molecule has 0 bridgehead atoms. The van der Waals surface area contributed by atoms with E-state index in [1.54, 1.807) is 39.0 Å². The number of hydrogen-bond donors (Lipinski definition) is 0. The van der Waals surface area contributed by atoms with Gasteiger partial charge in [0.1, 0.15) is 21.9 Å². The molecule has 0 radical (unpaired) electrons. The summed E-state index contributed by atoms with van der Waals surface area (Å²) >= 11 is 0.381. The van der Waals surface area contributed by atoms with Gasteiger partial charge in [-0.05, 0) is 77.0 Å². The molecule has 3 aliphatic heterocycles. The van der Waals surface area contributed by atoms with E-state index in [9.17, 15) is 35.9 Å². The molecule has 1 saturated heterocycles. The zero-order valence-electron chi connectivity index (χ0n) is 33.5. The molecule has 10 nitrogen and oxygen atoms in total. The van der Waals surface area contributed by atoms with Crippen LogP contribution in [0.4, 0.5) is 26.3 Å². The van der Waals surface area contributed by atoms with Crippen LogP contribution in [-0.4, -0.2) is 83.7 Å². The van der Waals surface area contributed by atoms with Crippen molar-refractivity contribution in [2.24, 2.45) is 5.41 Å². The van der Waals surface area contributed by atoms with Crippen molar-refractivity contribution >= 4 is 34.7 Å². The molecular weight excluding hydrogens is 817 g/mol. The number of esters is 1. The summed E-state index contributed by atoms with van der Waals surface area (Å²) in [5.41, 5.74) is -3.22. The van der Waals surface area contributed by atoms with E-state index in [0.717, 1.165) is 33.7 Å². The van der Waals surface area contributed by atoms with Gasteiger partial charge in [-0.1, -0.05) is 36.4 Å². The second kappa shape index (κ2) is 18.3. The van der Waals surface area contributed by atoms with Gasteiger partial charge in [-0.25, -0.2) is 4.98 Å². The fraction of sp³-hybridized carbons (Fsp3) is 0.488. The van der Waals surface area contributed by atoms with Crippen LogP contribution in [0.3, 0.4) is 0 Å². The largest absolute Gasteiger partial charge is 0.493 e. The minimum Gasteiger partial charge on any atom is -0.493 e. The van der Waals surface area contributed by atoms with Crippen molar-refractivity contribution < 1.29 is 59.7 Å². The molecule has 1 fully saturated rings. The van der Waals surface area contributed by atoms with Gasteiger partial charge in [0.15, 0.2) is 0 Å². The summed E-state index contributed by atoms with van der Waals surface area (Å²) in [6, 6.07) is 7.57. The third-order valence-corrected chi connectivity index (χ3v) is 11.9. The number of para-hydroxylation sites is 1. The summed E-state index contributed by atoms with van der Waals surface area (Å²) in [5, 5.41) is 1.14. The Balaban J connectivity index is 1.35. The van der Waals surface area contributed by atoms with Crippen molar-refractivity contribution in [1.29, 1.82) is 0 Å². The van der Waals surface area contributed by atoms with Gasteiger partial charge in [0.25, 0.3) is 11.8 Å². The van der Waals surface area contributed by atoms with E-state index in [4.69, 9.17) is 18.9 Å². The standard InChI is InChI=1S/C43H47F6N3O7S/c1-4-56-39(55)40(2,3)19-25-57-32-13-9-8-12-30(32)28-16-22-51(23-17-28)38(54)41(59-29-26-34(60-27-29)43(47,48)49)18-11-21-52-33(41)14-7-5-6-10-24-58-36-35(37(52)53)31(15-20-50-36)42(44,45)46/h5,7-9,12-13,15-16,20,26-27,33H,4,6,10-11,14,17-19,21-25H2,1-3H3/b7-5-/t33-,41+/m1/s1. The monoisotopic (exact) mass is 863 g/mol. The Bertz CT molecular complexity index is 2100. The number of pyridine rings is 1. The minimum atomic E-state index is -4.97. The molecule has 2 atom stereocenters. The van der Waals surface area contributed by atoms with E-state index in [-0.39, 0.29) is 70.4 Å². The highest BCUT2D eigenvalue weighted by atomic mass is 32.1. The first-order valence-electron chi connectivity index (χ1n) is 19.8. The quantitative estimate of drug-likeness (QED) is 0.113. The van der Waals surface area contributed by atoms with Crippen molar-refractivity contribution in [3.05, 3.63) is 87.8 Å². The number of hydrogen-bond acceptors (Lipinski definition) is 9. The zero-order chi connectivity index (χ0) is 43.3. The van der Waals surface area contributed by atoms with Crippen LogP contribution in [0, 0.1) is 5.41 Å². The number of rotatable bonds is 10. The number of carbonyl (C=O) groups excluding carboxylic acids is 3. The smallest absolute Gasteiger partial charge is 0.425 e. The highest BCUT2D eigenvalue weighted by Gasteiger charge is 2.56. The summed E-state index contributed by atoms with van der Waals surface area (Å²) in [7, 11) is 0. The maximum atomic E-state index is 15.1. The Morgan fingerprint density at radius 3 is 2.52 bits per heavy atom. The Kier molecular flexibility index (Phi) is 13.6. The molecule has 0 saturated carbocycles. The van der Waals surface area contributed by atoms with Gasteiger partial charge < -0.3 is 28.7 Å². The first-order valence-corrected chi connectivity index (χ1v) is 20.7. The summed E-state index contributed by atoms with van der Waals surface area (Å²) in [6.45, 7) is 5.90. The number of amides is 2. The van der Waals surface area contributed by atoms with Gasteiger partial charge >= 0.3 is 18.3 Å². The molecule has 5 heterocycles. The molecular formula is C43H47F6N3O7S. The van der Waals surface area contributed by atoms with E-state index < -0.39 is 63.1 Å². The lowest BCUT2D eigenvalue weighted by atomic mass is 9.79.